The lowest BCUT2D eigenvalue weighted by Gasteiger charge is -2.24. The van der Waals surface area contributed by atoms with E-state index in [1.165, 1.54) is 18.9 Å². The van der Waals surface area contributed by atoms with Gasteiger partial charge in [-0.05, 0) is 60.7 Å². The van der Waals surface area contributed by atoms with Crippen LogP contribution in [0.25, 0.3) is 5.69 Å². The molecule has 3 aromatic carbocycles. The van der Waals surface area contributed by atoms with Crippen molar-refractivity contribution < 1.29 is 23.8 Å². The summed E-state index contributed by atoms with van der Waals surface area (Å²) >= 11 is 2.85. The van der Waals surface area contributed by atoms with Gasteiger partial charge in [-0.2, -0.15) is 5.10 Å². The minimum absolute atomic E-state index is 0.0422. The van der Waals surface area contributed by atoms with Crippen molar-refractivity contribution >= 4 is 40.6 Å². The topological polar surface area (TPSA) is 120 Å². The molecule has 5 aromatic rings. The minimum atomic E-state index is -0.395. The molecular weight excluding hydrogens is 661 g/mol. The monoisotopic (exact) mass is 696 g/mol. The van der Waals surface area contributed by atoms with Crippen LogP contribution >= 0.6 is 23.1 Å². The first-order valence-electron chi connectivity index (χ1n) is 15.5. The smallest absolute Gasteiger partial charge is 0.255 e. The SMILES string of the molecule is COc1ccccc1C(=O)NCc1nnc(SCC(=O)N2N=C(c3cccs3)C[C@@H]2c2cccc(OC)c2OC)n1-c1cccc(C)c1C. The van der Waals surface area contributed by atoms with Gasteiger partial charge < -0.3 is 19.5 Å². The second-order valence-electron chi connectivity index (χ2n) is 11.2. The summed E-state index contributed by atoms with van der Waals surface area (Å²) in [5.74, 6) is 1.68. The molecule has 1 aliphatic rings. The first-order chi connectivity index (χ1) is 23.8. The predicted molar refractivity (Wildman–Crippen MR) is 190 cm³/mol. The Morgan fingerprint density at radius 2 is 1.69 bits per heavy atom. The molecule has 13 heteroatoms. The fourth-order valence-corrected chi connectivity index (χ4v) is 7.29. The molecule has 1 aliphatic heterocycles. The summed E-state index contributed by atoms with van der Waals surface area (Å²) in [4.78, 5) is 28.2. The first kappa shape index (κ1) is 33.7. The Hall–Kier alpha value is -5.14. The Morgan fingerprint density at radius 3 is 2.45 bits per heavy atom. The number of thioether (sulfide) groups is 1. The average molecular weight is 697 g/mol. The number of para-hydroxylation sites is 2. The number of ether oxygens (including phenoxy) is 3. The van der Waals surface area contributed by atoms with Gasteiger partial charge in [-0.1, -0.05) is 54.2 Å². The van der Waals surface area contributed by atoms with Gasteiger partial charge >= 0.3 is 0 Å². The molecule has 2 aromatic heterocycles. The Balaban J connectivity index is 1.29. The summed E-state index contributed by atoms with van der Waals surface area (Å²) in [6.45, 7) is 4.16. The number of aryl methyl sites for hydroxylation is 1. The Labute approximate surface area is 292 Å². The number of methoxy groups -OCH3 is 3. The van der Waals surface area contributed by atoms with E-state index in [9.17, 15) is 9.59 Å². The summed E-state index contributed by atoms with van der Waals surface area (Å²) in [5.41, 5.74) is 5.03. The Bertz CT molecular complexity index is 2010. The summed E-state index contributed by atoms with van der Waals surface area (Å²) in [6.07, 6.45) is 0.523. The van der Waals surface area contributed by atoms with Crippen molar-refractivity contribution in [3.63, 3.8) is 0 Å². The van der Waals surface area contributed by atoms with Gasteiger partial charge in [0.15, 0.2) is 22.5 Å². The molecule has 1 N–H and O–H groups in total. The van der Waals surface area contributed by atoms with Crippen molar-refractivity contribution in [1.29, 1.82) is 0 Å². The van der Waals surface area contributed by atoms with Gasteiger partial charge in [0.05, 0.1) is 61.5 Å². The van der Waals surface area contributed by atoms with E-state index in [0.29, 0.717) is 40.2 Å². The quantitative estimate of drug-likeness (QED) is 0.150. The molecule has 0 aliphatic carbocycles. The number of hydrogen-bond acceptors (Lipinski definition) is 10. The molecule has 2 amide bonds. The number of benzene rings is 3. The van der Waals surface area contributed by atoms with Gasteiger partial charge in [0.25, 0.3) is 11.8 Å². The number of nitrogens with one attached hydrogen (secondary N) is 1. The highest BCUT2D eigenvalue weighted by atomic mass is 32.2. The summed E-state index contributed by atoms with van der Waals surface area (Å²) in [5, 5.41) is 20.8. The average Bonchev–Trinajstić information content (AvgIpc) is 3.91. The van der Waals surface area contributed by atoms with Crippen molar-refractivity contribution in [2.75, 3.05) is 27.1 Å². The highest BCUT2D eigenvalue weighted by Crippen LogP contribution is 2.42. The lowest BCUT2D eigenvalue weighted by Crippen LogP contribution is -2.29. The van der Waals surface area contributed by atoms with E-state index in [2.05, 4.69) is 15.5 Å². The summed E-state index contributed by atoms with van der Waals surface area (Å²) in [7, 11) is 4.71. The van der Waals surface area contributed by atoms with Crippen LogP contribution in [0, 0.1) is 13.8 Å². The van der Waals surface area contributed by atoms with Crippen LogP contribution in [0.5, 0.6) is 17.2 Å². The third-order valence-corrected chi connectivity index (χ3v) is 10.2. The molecule has 252 valence electrons. The molecule has 0 fully saturated rings. The third-order valence-electron chi connectivity index (χ3n) is 8.36. The zero-order chi connectivity index (χ0) is 34.5. The Morgan fingerprint density at radius 1 is 0.918 bits per heavy atom. The molecular formula is C36H36N6O5S2. The second kappa shape index (κ2) is 15.0. The number of hydrazone groups is 1. The molecule has 0 radical (unpaired) electrons. The standard InChI is InChI=1S/C36H36N6O5S2/c1-22-11-8-14-27(23(22)2)41-32(20-37-35(44)25-12-6-7-15-29(25)45-3)38-39-36(41)49-21-33(43)42-28(19-26(40-42)31-17-10-18-48-31)24-13-9-16-30(46-4)34(24)47-5/h6-18,28H,19-21H2,1-5H3,(H,37,44)/t28-/m1/s1. The van der Waals surface area contributed by atoms with E-state index >= 15 is 0 Å². The molecule has 3 heterocycles. The number of carbonyl (C=O) groups excluding carboxylic acids is 2. The molecule has 0 bridgehead atoms. The van der Waals surface area contributed by atoms with Crippen LogP contribution in [0.15, 0.2) is 88.4 Å². The number of nitrogens with zero attached hydrogens (tertiary/aromatic N) is 5. The number of hydrogen-bond donors (Lipinski definition) is 1. The van der Waals surface area contributed by atoms with E-state index in [1.807, 2.05) is 78.4 Å². The lowest BCUT2D eigenvalue weighted by molar-refractivity contribution is -0.130. The van der Waals surface area contributed by atoms with E-state index in [0.717, 1.165) is 33.0 Å². The zero-order valence-electron chi connectivity index (χ0n) is 27.8. The Kier molecular flexibility index (Phi) is 10.3. The lowest BCUT2D eigenvalue weighted by atomic mass is 9.99. The van der Waals surface area contributed by atoms with Crippen molar-refractivity contribution in [3.05, 3.63) is 111 Å². The van der Waals surface area contributed by atoms with Crippen LogP contribution < -0.4 is 19.5 Å². The van der Waals surface area contributed by atoms with Gasteiger partial charge in [0, 0.05) is 12.0 Å². The minimum Gasteiger partial charge on any atom is -0.496 e. The molecule has 11 nitrogen and oxygen atoms in total. The largest absolute Gasteiger partial charge is 0.496 e. The maximum absolute atomic E-state index is 14.1. The number of amides is 2. The molecule has 1 atom stereocenters. The maximum Gasteiger partial charge on any atom is 0.255 e. The molecule has 49 heavy (non-hydrogen) atoms. The van der Waals surface area contributed by atoms with Gasteiger partial charge in [-0.25, -0.2) is 5.01 Å². The van der Waals surface area contributed by atoms with Crippen molar-refractivity contribution in [2.45, 2.75) is 38.0 Å². The summed E-state index contributed by atoms with van der Waals surface area (Å²) < 4.78 is 18.6. The van der Waals surface area contributed by atoms with Crippen LogP contribution in [-0.4, -0.2) is 64.4 Å². The summed E-state index contributed by atoms with van der Waals surface area (Å²) in [6, 6.07) is 22.3. The number of carbonyl (C=O) groups is 2. The fourth-order valence-electron chi connectivity index (χ4n) is 5.76. The van der Waals surface area contributed by atoms with Gasteiger partial charge in [-0.15, -0.1) is 21.5 Å². The predicted octanol–water partition coefficient (Wildman–Crippen LogP) is 6.37. The van der Waals surface area contributed by atoms with E-state index in [4.69, 9.17) is 19.3 Å². The van der Waals surface area contributed by atoms with Crippen LogP contribution in [0.1, 0.15) is 50.2 Å². The van der Waals surface area contributed by atoms with Crippen LogP contribution in [0.2, 0.25) is 0 Å². The highest BCUT2D eigenvalue weighted by Gasteiger charge is 2.36. The van der Waals surface area contributed by atoms with Crippen LogP contribution in [-0.2, 0) is 11.3 Å². The van der Waals surface area contributed by atoms with E-state index in [-0.39, 0.29) is 24.1 Å². The normalized spacial score (nSPS) is 14.0. The van der Waals surface area contributed by atoms with Crippen LogP contribution in [0.4, 0.5) is 0 Å². The second-order valence-corrected chi connectivity index (χ2v) is 13.1. The third kappa shape index (κ3) is 6.90. The number of rotatable bonds is 12. The zero-order valence-corrected chi connectivity index (χ0v) is 29.4. The fraction of sp³-hybridized carbons (Fsp3) is 0.250. The molecule has 0 saturated heterocycles. The molecule has 6 rings (SSSR count). The van der Waals surface area contributed by atoms with Gasteiger partial charge in [0.2, 0.25) is 0 Å². The van der Waals surface area contributed by atoms with Crippen molar-refractivity contribution in [3.8, 4) is 22.9 Å². The number of thiophene rings is 1. The van der Waals surface area contributed by atoms with E-state index < -0.39 is 6.04 Å². The maximum atomic E-state index is 14.1. The van der Waals surface area contributed by atoms with Gasteiger partial charge in [0.1, 0.15) is 5.75 Å². The van der Waals surface area contributed by atoms with Crippen molar-refractivity contribution in [1.82, 2.24) is 25.1 Å². The highest BCUT2D eigenvalue weighted by molar-refractivity contribution is 7.99. The first-order valence-corrected chi connectivity index (χ1v) is 17.4. The molecule has 0 spiro atoms. The van der Waals surface area contributed by atoms with Gasteiger partial charge in [-0.3, -0.25) is 14.2 Å². The number of aromatic nitrogens is 3. The van der Waals surface area contributed by atoms with E-state index in [1.54, 1.807) is 48.8 Å². The molecule has 0 unspecified atom stereocenters. The van der Waals surface area contributed by atoms with Crippen LogP contribution in [0.3, 0.4) is 0 Å². The van der Waals surface area contributed by atoms with Crippen molar-refractivity contribution in [2.24, 2.45) is 5.10 Å². The molecule has 0 saturated carbocycles.